The lowest BCUT2D eigenvalue weighted by atomic mass is 10.0. The summed E-state index contributed by atoms with van der Waals surface area (Å²) in [6.07, 6.45) is 2.12. The molecule has 1 unspecified atom stereocenters. The summed E-state index contributed by atoms with van der Waals surface area (Å²) < 4.78 is 14.7. The van der Waals surface area contributed by atoms with Crippen LogP contribution in [0.25, 0.3) is 0 Å². The van der Waals surface area contributed by atoms with Gasteiger partial charge in [-0.15, -0.1) is 0 Å². The van der Waals surface area contributed by atoms with E-state index in [2.05, 4.69) is 10.1 Å². The Hall–Kier alpha value is -1.75. The molecule has 1 atom stereocenters. The van der Waals surface area contributed by atoms with Crippen molar-refractivity contribution in [2.75, 3.05) is 0 Å². The van der Waals surface area contributed by atoms with Gasteiger partial charge in [0.25, 0.3) is 0 Å². The van der Waals surface area contributed by atoms with E-state index in [1.807, 2.05) is 18.5 Å². The van der Waals surface area contributed by atoms with Crippen LogP contribution >= 0.6 is 0 Å². The lowest BCUT2D eigenvalue weighted by Gasteiger charge is -2.14. The first-order valence-corrected chi connectivity index (χ1v) is 5.97. The quantitative estimate of drug-likeness (QED) is 0.902. The number of nitrogens with zero attached hydrogens (tertiary/aromatic N) is 3. The van der Waals surface area contributed by atoms with Crippen molar-refractivity contribution < 1.29 is 4.39 Å². The van der Waals surface area contributed by atoms with Crippen LogP contribution in [0, 0.1) is 5.82 Å². The molecule has 18 heavy (non-hydrogen) atoms. The first kappa shape index (κ1) is 12.7. The topological polar surface area (TPSA) is 56.7 Å². The molecule has 0 saturated carbocycles. The molecule has 2 aromatic rings. The predicted octanol–water partition coefficient (Wildman–Crippen LogP) is 2.24. The van der Waals surface area contributed by atoms with Gasteiger partial charge in [-0.05, 0) is 31.5 Å². The first-order valence-electron chi connectivity index (χ1n) is 5.97. The monoisotopic (exact) mass is 248 g/mol. The van der Waals surface area contributed by atoms with E-state index in [1.54, 1.807) is 12.1 Å². The lowest BCUT2D eigenvalue weighted by Crippen LogP contribution is -2.18. The highest BCUT2D eigenvalue weighted by molar-refractivity contribution is 5.20. The molecule has 1 heterocycles. The van der Waals surface area contributed by atoms with Crippen LogP contribution in [-0.4, -0.2) is 14.8 Å². The fourth-order valence-corrected chi connectivity index (χ4v) is 1.88. The average molecular weight is 248 g/mol. The Morgan fingerprint density at radius 2 is 1.94 bits per heavy atom. The highest BCUT2D eigenvalue weighted by atomic mass is 19.1. The number of hydrogen-bond donors (Lipinski definition) is 1. The molecule has 0 fully saturated rings. The normalized spacial score (nSPS) is 12.9. The molecule has 2 rings (SSSR count). The second-order valence-corrected chi connectivity index (χ2v) is 4.58. The van der Waals surface area contributed by atoms with Gasteiger partial charge in [0.2, 0.25) is 0 Å². The molecule has 0 aliphatic rings. The average Bonchev–Trinajstić information content (AvgIpc) is 2.78. The molecular formula is C13H17FN4. The second kappa shape index (κ2) is 5.27. The van der Waals surface area contributed by atoms with Crippen LogP contribution < -0.4 is 5.73 Å². The van der Waals surface area contributed by atoms with Gasteiger partial charge in [0.05, 0.1) is 0 Å². The summed E-state index contributed by atoms with van der Waals surface area (Å²) in [5, 5.41) is 4.17. The third kappa shape index (κ3) is 2.73. The molecule has 2 N–H and O–H groups in total. The minimum absolute atomic E-state index is 0.202. The molecule has 5 heteroatoms. The summed E-state index contributed by atoms with van der Waals surface area (Å²) in [7, 11) is 0. The molecule has 0 aliphatic heterocycles. The maximum Gasteiger partial charge on any atom is 0.138 e. The van der Waals surface area contributed by atoms with Crippen LogP contribution in [0.4, 0.5) is 4.39 Å². The van der Waals surface area contributed by atoms with Crippen LogP contribution in [-0.2, 0) is 6.42 Å². The predicted molar refractivity (Wildman–Crippen MR) is 67.4 cm³/mol. The lowest BCUT2D eigenvalue weighted by molar-refractivity contribution is 0.493. The van der Waals surface area contributed by atoms with Crippen LogP contribution in [0.2, 0.25) is 0 Å². The Labute approximate surface area is 106 Å². The summed E-state index contributed by atoms with van der Waals surface area (Å²) in [5.74, 6) is 0.595. The molecule has 1 aromatic heterocycles. The van der Waals surface area contributed by atoms with Gasteiger partial charge in [-0.1, -0.05) is 12.1 Å². The largest absolute Gasteiger partial charge is 0.324 e. The number of hydrogen-bond acceptors (Lipinski definition) is 3. The molecule has 0 spiro atoms. The van der Waals surface area contributed by atoms with Crippen molar-refractivity contribution in [1.29, 1.82) is 0 Å². The van der Waals surface area contributed by atoms with Gasteiger partial charge in [-0.2, -0.15) is 5.10 Å². The molecule has 1 aromatic carbocycles. The van der Waals surface area contributed by atoms with E-state index in [1.165, 1.54) is 18.5 Å². The van der Waals surface area contributed by atoms with E-state index >= 15 is 0 Å². The van der Waals surface area contributed by atoms with Crippen molar-refractivity contribution in [3.8, 4) is 0 Å². The van der Waals surface area contributed by atoms with Gasteiger partial charge >= 0.3 is 0 Å². The highest BCUT2D eigenvalue weighted by Gasteiger charge is 2.13. The van der Waals surface area contributed by atoms with E-state index in [4.69, 9.17) is 5.73 Å². The Balaban J connectivity index is 2.13. The van der Waals surface area contributed by atoms with E-state index in [-0.39, 0.29) is 17.9 Å². The highest BCUT2D eigenvalue weighted by Crippen LogP contribution is 2.16. The Morgan fingerprint density at radius 1 is 1.28 bits per heavy atom. The molecule has 4 nitrogen and oxygen atoms in total. The van der Waals surface area contributed by atoms with Crippen LogP contribution in [0.1, 0.15) is 37.3 Å². The number of benzene rings is 1. The maximum absolute atomic E-state index is 12.8. The zero-order chi connectivity index (χ0) is 13.1. The van der Waals surface area contributed by atoms with Gasteiger partial charge in [0.1, 0.15) is 18.0 Å². The van der Waals surface area contributed by atoms with Gasteiger partial charge in [-0.25, -0.2) is 14.1 Å². The molecule has 0 saturated heterocycles. The third-order valence-electron chi connectivity index (χ3n) is 2.84. The van der Waals surface area contributed by atoms with Gasteiger partial charge in [-0.3, -0.25) is 0 Å². The zero-order valence-corrected chi connectivity index (χ0v) is 10.5. The Bertz CT molecular complexity index is 504. The number of nitrogens with two attached hydrogens (primary N) is 1. The summed E-state index contributed by atoms with van der Waals surface area (Å²) in [6, 6.07) is 6.30. The Morgan fingerprint density at radius 3 is 2.56 bits per heavy atom. The zero-order valence-electron chi connectivity index (χ0n) is 10.5. The second-order valence-electron chi connectivity index (χ2n) is 4.58. The van der Waals surface area contributed by atoms with Gasteiger partial charge in [0.15, 0.2) is 0 Å². The summed E-state index contributed by atoms with van der Waals surface area (Å²) in [6.45, 7) is 4.09. The first-order chi connectivity index (χ1) is 8.58. The number of halogens is 1. The third-order valence-corrected chi connectivity index (χ3v) is 2.84. The number of rotatable bonds is 4. The van der Waals surface area contributed by atoms with Crippen molar-refractivity contribution >= 4 is 0 Å². The van der Waals surface area contributed by atoms with E-state index < -0.39 is 0 Å². The van der Waals surface area contributed by atoms with Crippen molar-refractivity contribution in [2.45, 2.75) is 32.4 Å². The minimum Gasteiger partial charge on any atom is -0.324 e. The smallest absolute Gasteiger partial charge is 0.138 e. The summed E-state index contributed by atoms with van der Waals surface area (Å²) in [5.41, 5.74) is 7.00. The summed E-state index contributed by atoms with van der Waals surface area (Å²) >= 11 is 0. The maximum atomic E-state index is 12.8. The number of aromatic nitrogens is 3. The summed E-state index contributed by atoms with van der Waals surface area (Å²) in [4.78, 5) is 4.22. The molecule has 96 valence electrons. The van der Waals surface area contributed by atoms with E-state index in [9.17, 15) is 4.39 Å². The van der Waals surface area contributed by atoms with Crippen molar-refractivity contribution in [3.63, 3.8) is 0 Å². The van der Waals surface area contributed by atoms with Crippen LogP contribution in [0.3, 0.4) is 0 Å². The molecular weight excluding hydrogens is 231 g/mol. The van der Waals surface area contributed by atoms with Crippen molar-refractivity contribution in [3.05, 3.63) is 47.8 Å². The molecule has 0 amide bonds. The van der Waals surface area contributed by atoms with Gasteiger partial charge < -0.3 is 5.73 Å². The molecule has 0 bridgehead atoms. The molecule has 0 radical (unpaired) electrons. The van der Waals surface area contributed by atoms with Crippen molar-refractivity contribution in [1.82, 2.24) is 14.8 Å². The Kier molecular flexibility index (Phi) is 3.72. The molecule has 0 aliphatic carbocycles. The van der Waals surface area contributed by atoms with Crippen LogP contribution in [0.5, 0.6) is 0 Å². The van der Waals surface area contributed by atoms with E-state index in [0.29, 0.717) is 6.42 Å². The fourth-order valence-electron chi connectivity index (χ4n) is 1.88. The van der Waals surface area contributed by atoms with Crippen molar-refractivity contribution in [2.24, 2.45) is 5.73 Å². The van der Waals surface area contributed by atoms with Crippen LogP contribution in [0.15, 0.2) is 30.6 Å². The standard InChI is InChI=1S/C13H17FN4/c1-9(2)18-13(16-8-17-18)7-12(15)10-3-5-11(14)6-4-10/h3-6,8-9,12H,7,15H2,1-2H3. The van der Waals surface area contributed by atoms with Gasteiger partial charge in [0, 0.05) is 18.5 Å². The van der Waals surface area contributed by atoms with E-state index in [0.717, 1.165) is 11.4 Å². The SMILES string of the molecule is CC(C)n1ncnc1CC(N)c1ccc(F)cc1. The minimum atomic E-state index is -0.253. The fraction of sp³-hybridized carbons (Fsp3) is 0.385.